The van der Waals surface area contributed by atoms with E-state index < -0.39 is 0 Å². The summed E-state index contributed by atoms with van der Waals surface area (Å²) >= 11 is 17.8. The van der Waals surface area contributed by atoms with Crippen LogP contribution in [-0.4, -0.2) is 14.7 Å². The number of anilines is 1. The lowest BCUT2D eigenvalue weighted by molar-refractivity contribution is 0.103. The molecule has 4 nitrogen and oxygen atoms in total. The van der Waals surface area contributed by atoms with Crippen LogP contribution in [0.25, 0.3) is 11.0 Å². The van der Waals surface area contributed by atoms with Crippen molar-refractivity contribution in [2.45, 2.75) is 0 Å². The second-order valence-corrected chi connectivity index (χ2v) is 6.84. The first-order valence-corrected chi connectivity index (χ1v) is 8.38. The summed E-state index contributed by atoms with van der Waals surface area (Å²) in [6, 6.07) is 3.36. The molecule has 0 bridgehead atoms. The number of benzene rings is 1. The number of nitrogens with zero attached hydrogens (tertiary/aromatic N) is 2. The average Bonchev–Trinajstić information content (AvgIpc) is 3.02. The number of amides is 1. The van der Waals surface area contributed by atoms with Crippen LogP contribution in [-0.2, 0) is 0 Å². The van der Waals surface area contributed by atoms with Crippen LogP contribution < -0.4 is 5.32 Å². The maximum atomic E-state index is 12.2. The van der Waals surface area contributed by atoms with E-state index >= 15 is 0 Å². The highest BCUT2D eigenvalue weighted by atomic mass is 79.9. The molecule has 0 aliphatic carbocycles. The Morgan fingerprint density at radius 2 is 2.00 bits per heavy atom. The first-order valence-electron chi connectivity index (χ1n) is 5.22. The van der Waals surface area contributed by atoms with Crippen LogP contribution in [0.5, 0.6) is 0 Å². The first-order chi connectivity index (χ1) is 9.58. The number of rotatable bonds is 2. The first kappa shape index (κ1) is 14.2. The molecule has 0 radical (unpaired) electrons. The smallest absolute Gasteiger partial charge is 0.266 e. The second-order valence-electron chi connectivity index (χ2n) is 3.73. The molecule has 102 valence electrons. The van der Waals surface area contributed by atoms with E-state index in [1.165, 1.54) is 11.3 Å². The van der Waals surface area contributed by atoms with Crippen LogP contribution >= 0.6 is 62.2 Å². The molecule has 0 saturated carbocycles. The lowest BCUT2D eigenvalue weighted by Gasteiger charge is -2.07. The SMILES string of the molecule is O=C(Nc1c(Cl)cc(Cl)c2nsnc12)c1sccc1Br. The van der Waals surface area contributed by atoms with E-state index in [1.54, 1.807) is 6.07 Å². The highest BCUT2D eigenvalue weighted by Crippen LogP contribution is 2.36. The minimum absolute atomic E-state index is 0.259. The Hall–Kier alpha value is -0.730. The quantitative estimate of drug-likeness (QED) is 0.643. The molecule has 0 aliphatic rings. The summed E-state index contributed by atoms with van der Waals surface area (Å²) in [5.74, 6) is -0.259. The van der Waals surface area contributed by atoms with Gasteiger partial charge in [0.1, 0.15) is 15.9 Å². The molecule has 0 atom stereocenters. The van der Waals surface area contributed by atoms with Crippen LogP contribution in [0.1, 0.15) is 9.67 Å². The number of hydrogen-bond donors (Lipinski definition) is 1. The van der Waals surface area contributed by atoms with Crippen molar-refractivity contribution in [1.29, 1.82) is 0 Å². The van der Waals surface area contributed by atoms with Crippen molar-refractivity contribution in [2.75, 3.05) is 5.32 Å². The van der Waals surface area contributed by atoms with Gasteiger partial charge in [0.25, 0.3) is 5.91 Å². The van der Waals surface area contributed by atoms with Crippen molar-refractivity contribution in [3.63, 3.8) is 0 Å². The molecule has 9 heteroatoms. The van der Waals surface area contributed by atoms with Crippen molar-refractivity contribution < 1.29 is 4.79 Å². The fourth-order valence-corrected chi connectivity index (χ4v) is 4.22. The monoisotopic (exact) mass is 407 g/mol. The Kier molecular flexibility index (Phi) is 3.96. The highest BCUT2D eigenvalue weighted by molar-refractivity contribution is 9.10. The predicted molar refractivity (Wildman–Crippen MR) is 87.4 cm³/mol. The van der Waals surface area contributed by atoms with E-state index in [0.717, 1.165) is 16.2 Å². The van der Waals surface area contributed by atoms with Crippen LogP contribution in [0.15, 0.2) is 22.0 Å². The number of fused-ring (bicyclic) bond motifs is 1. The van der Waals surface area contributed by atoms with Crippen molar-refractivity contribution in [1.82, 2.24) is 8.75 Å². The molecular weight excluding hydrogens is 405 g/mol. The summed E-state index contributed by atoms with van der Waals surface area (Å²) in [5, 5.41) is 5.33. The average molecular weight is 409 g/mol. The maximum absolute atomic E-state index is 12.2. The number of carbonyl (C=O) groups excluding carboxylic acids is 1. The van der Waals surface area contributed by atoms with Crippen molar-refractivity contribution in [3.05, 3.63) is 36.9 Å². The molecular formula is C11H4BrCl2N3OS2. The number of aromatic nitrogens is 2. The van der Waals surface area contributed by atoms with Gasteiger partial charge < -0.3 is 5.32 Å². The Labute approximate surface area is 140 Å². The maximum Gasteiger partial charge on any atom is 0.266 e. The van der Waals surface area contributed by atoms with Crippen molar-refractivity contribution in [3.8, 4) is 0 Å². The highest BCUT2D eigenvalue weighted by Gasteiger charge is 2.18. The zero-order valence-corrected chi connectivity index (χ0v) is 14.2. The molecule has 0 fully saturated rings. The number of halogens is 3. The second kappa shape index (κ2) is 5.57. The molecule has 2 aromatic heterocycles. The largest absolute Gasteiger partial charge is 0.318 e. The lowest BCUT2D eigenvalue weighted by atomic mass is 10.2. The Bertz CT molecular complexity index is 817. The summed E-state index contributed by atoms with van der Waals surface area (Å²) in [5.41, 5.74) is 1.44. The number of thiophene rings is 1. The van der Waals surface area contributed by atoms with Gasteiger partial charge in [0.15, 0.2) is 0 Å². The normalized spacial score (nSPS) is 10.9. The Morgan fingerprint density at radius 3 is 2.70 bits per heavy atom. The topological polar surface area (TPSA) is 54.9 Å². The summed E-state index contributed by atoms with van der Waals surface area (Å²) < 4.78 is 8.96. The van der Waals surface area contributed by atoms with Gasteiger partial charge >= 0.3 is 0 Å². The van der Waals surface area contributed by atoms with Gasteiger partial charge in [-0.1, -0.05) is 23.2 Å². The molecule has 1 amide bonds. The van der Waals surface area contributed by atoms with Crippen molar-refractivity contribution in [2.24, 2.45) is 0 Å². The zero-order chi connectivity index (χ0) is 14.3. The molecule has 0 spiro atoms. The third-order valence-corrected chi connectivity index (χ3v) is 5.46. The number of hydrogen-bond acceptors (Lipinski definition) is 5. The summed E-state index contributed by atoms with van der Waals surface area (Å²) in [4.78, 5) is 12.8. The van der Waals surface area contributed by atoms with E-state index in [9.17, 15) is 4.79 Å². The van der Waals surface area contributed by atoms with Crippen LogP contribution in [0.2, 0.25) is 10.0 Å². The van der Waals surface area contributed by atoms with E-state index in [2.05, 4.69) is 30.0 Å². The molecule has 0 saturated heterocycles. The zero-order valence-electron chi connectivity index (χ0n) is 9.49. The van der Waals surface area contributed by atoms with Gasteiger partial charge in [0.05, 0.1) is 27.5 Å². The molecule has 1 N–H and O–H groups in total. The van der Waals surface area contributed by atoms with Gasteiger partial charge in [-0.05, 0) is 33.4 Å². The standard InChI is InChI=1S/C11H4BrCl2N3OS2/c12-4-1-2-19-10(4)11(18)15-7-5(13)3-6(14)8-9(7)17-20-16-8/h1-3H,(H,15,18). The number of nitrogens with one attached hydrogen (secondary N) is 1. The minimum Gasteiger partial charge on any atom is -0.318 e. The third-order valence-electron chi connectivity index (χ3n) is 2.51. The molecule has 0 aliphatic heterocycles. The van der Waals surface area contributed by atoms with E-state index in [1.807, 2.05) is 11.4 Å². The lowest BCUT2D eigenvalue weighted by Crippen LogP contribution is -2.11. The van der Waals surface area contributed by atoms with Gasteiger partial charge in [0.2, 0.25) is 0 Å². The molecule has 3 rings (SSSR count). The summed E-state index contributed by atoms with van der Waals surface area (Å²) in [7, 11) is 0. The van der Waals surface area contributed by atoms with Crippen LogP contribution in [0.4, 0.5) is 5.69 Å². The van der Waals surface area contributed by atoms with E-state index in [0.29, 0.717) is 31.6 Å². The minimum atomic E-state index is -0.259. The van der Waals surface area contributed by atoms with Gasteiger partial charge in [-0.25, -0.2) is 0 Å². The fourth-order valence-electron chi connectivity index (χ4n) is 1.62. The Morgan fingerprint density at radius 1 is 1.25 bits per heavy atom. The van der Waals surface area contributed by atoms with Gasteiger partial charge in [-0.3, -0.25) is 4.79 Å². The molecule has 2 heterocycles. The van der Waals surface area contributed by atoms with Gasteiger partial charge in [0, 0.05) is 4.47 Å². The summed E-state index contributed by atoms with van der Waals surface area (Å²) in [6.07, 6.45) is 0. The van der Waals surface area contributed by atoms with Crippen molar-refractivity contribution >= 4 is 84.8 Å². The third kappa shape index (κ3) is 2.44. The number of carbonyl (C=O) groups is 1. The van der Waals surface area contributed by atoms with Gasteiger partial charge in [-0.15, -0.1) is 11.3 Å². The van der Waals surface area contributed by atoms with E-state index in [-0.39, 0.29) is 5.91 Å². The Balaban J connectivity index is 2.05. The fraction of sp³-hybridized carbons (Fsp3) is 0. The predicted octanol–water partition coefficient (Wildman–Crippen LogP) is 5.07. The van der Waals surface area contributed by atoms with Crippen LogP contribution in [0.3, 0.4) is 0 Å². The molecule has 3 aromatic rings. The van der Waals surface area contributed by atoms with Gasteiger partial charge in [-0.2, -0.15) is 8.75 Å². The molecule has 20 heavy (non-hydrogen) atoms. The molecule has 1 aromatic carbocycles. The summed E-state index contributed by atoms with van der Waals surface area (Å²) in [6.45, 7) is 0. The van der Waals surface area contributed by atoms with E-state index in [4.69, 9.17) is 23.2 Å². The van der Waals surface area contributed by atoms with Crippen LogP contribution in [0, 0.1) is 0 Å². The molecule has 0 unspecified atom stereocenters.